The van der Waals surface area contributed by atoms with Gasteiger partial charge in [0, 0.05) is 6.54 Å². The molecular formula is C15H20F4N2. The number of piperidine rings is 1. The van der Waals surface area contributed by atoms with Crippen molar-refractivity contribution in [2.75, 3.05) is 32.0 Å². The molecule has 1 aromatic carbocycles. The second kappa shape index (κ2) is 6.64. The summed E-state index contributed by atoms with van der Waals surface area (Å²) in [6.07, 6.45) is -1.36. The van der Waals surface area contributed by atoms with Crippen LogP contribution in [0.5, 0.6) is 0 Å². The van der Waals surface area contributed by atoms with Crippen molar-refractivity contribution in [1.82, 2.24) is 4.90 Å². The number of nitrogens with one attached hydrogen (secondary N) is 1. The summed E-state index contributed by atoms with van der Waals surface area (Å²) in [6.45, 7) is 2.72. The fraction of sp³-hybridized carbons (Fsp3) is 0.600. The number of nitrogens with zero attached hydrogens (tertiary/aromatic N) is 1. The Morgan fingerprint density at radius 3 is 2.48 bits per heavy atom. The quantitative estimate of drug-likeness (QED) is 0.846. The van der Waals surface area contributed by atoms with Crippen molar-refractivity contribution >= 4 is 5.69 Å². The van der Waals surface area contributed by atoms with E-state index in [0.717, 1.165) is 44.5 Å². The lowest BCUT2D eigenvalue weighted by atomic mass is 9.94. The Balaban J connectivity index is 1.83. The number of benzene rings is 1. The van der Waals surface area contributed by atoms with E-state index in [4.69, 9.17) is 0 Å². The van der Waals surface area contributed by atoms with E-state index < -0.39 is 17.6 Å². The van der Waals surface area contributed by atoms with Crippen LogP contribution in [-0.4, -0.2) is 31.6 Å². The molecule has 1 aliphatic rings. The van der Waals surface area contributed by atoms with Crippen LogP contribution in [0, 0.1) is 11.7 Å². The van der Waals surface area contributed by atoms with E-state index in [1.807, 2.05) is 0 Å². The second-order valence-electron chi connectivity index (χ2n) is 5.65. The average Bonchev–Trinajstić information content (AvgIpc) is 2.41. The van der Waals surface area contributed by atoms with Crippen LogP contribution in [0.25, 0.3) is 0 Å². The van der Waals surface area contributed by atoms with E-state index in [0.29, 0.717) is 18.5 Å². The van der Waals surface area contributed by atoms with Gasteiger partial charge in [-0.3, -0.25) is 0 Å². The number of likely N-dealkylation sites (tertiary alicyclic amines) is 1. The molecule has 0 aromatic heterocycles. The average molecular weight is 304 g/mol. The molecule has 1 aliphatic heterocycles. The number of alkyl halides is 3. The van der Waals surface area contributed by atoms with Crippen LogP contribution in [0.2, 0.25) is 0 Å². The SMILES string of the molecule is CN1CCC(CCNc2ccc(C(F)(F)F)cc2F)CC1. The fourth-order valence-electron chi connectivity index (χ4n) is 2.60. The maximum atomic E-state index is 13.6. The van der Waals surface area contributed by atoms with E-state index in [2.05, 4.69) is 17.3 Å². The number of hydrogen-bond acceptors (Lipinski definition) is 2. The minimum Gasteiger partial charge on any atom is -0.383 e. The van der Waals surface area contributed by atoms with Crippen molar-refractivity contribution in [1.29, 1.82) is 0 Å². The first-order valence-electron chi connectivity index (χ1n) is 7.15. The Morgan fingerprint density at radius 2 is 1.90 bits per heavy atom. The van der Waals surface area contributed by atoms with Crippen molar-refractivity contribution in [3.8, 4) is 0 Å². The van der Waals surface area contributed by atoms with Crippen LogP contribution in [-0.2, 0) is 6.18 Å². The lowest BCUT2D eigenvalue weighted by Gasteiger charge is -2.29. The molecule has 1 N–H and O–H groups in total. The lowest BCUT2D eigenvalue weighted by molar-refractivity contribution is -0.137. The third-order valence-corrected chi connectivity index (χ3v) is 4.00. The number of halogens is 4. The van der Waals surface area contributed by atoms with E-state index in [1.54, 1.807) is 0 Å². The van der Waals surface area contributed by atoms with E-state index in [-0.39, 0.29) is 5.69 Å². The standard InChI is InChI=1S/C15H20F4N2/c1-21-8-5-11(6-9-21)4-7-20-14-3-2-12(10-13(14)16)15(17,18)19/h2-3,10-11,20H,4-9H2,1H3. The van der Waals surface area contributed by atoms with Gasteiger partial charge in [0.25, 0.3) is 0 Å². The van der Waals surface area contributed by atoms with Gasteiger partial charge in [0.1, 0.15) is 5.82 Å². The monoisotopic (exact) mass is 304 g/mol. The van der Waals surface area contributed by atoms with Gasteiger partial charge in [0.15, 0.2) is 0 Å². The molecule has 1 aromatic rings. The highest BCUT2D eigenvalue weighted by Gasteiger charge is 2.31. The van der Waals surface area contributed by atoms with Crippen molar-refractivity contribution in [2.24, 2.45) is 5.92 Å². The van der Waals surface area contributed by atoms with E-state index in [9.17, 15) is 17.6 Å². The Labute approximate surface area is 122 Å². The van der Waals surface area contributed by atoms with Crippen molar-refractivity contribution in [3.05, 3.63) is 29.6 Å². The highest BCUT2D eigenvalue weighted by Crippen LogP contribution is 2.31. The third-order valence-electron chi connectivity index (χ3n) is 4.00. The first kappa shape index (κ1) is 16.1. The Bertz CT molecular complexity index is 465. The molecule has 0 spiro atoms. The Hall–Kier alpha value is -1.30. The van der Waals surface area contributed by atoms with Gasteiger partial charge in [-0.05, 0) is 63.5 Å². The minimum absolute atomic E-state index is 0.135. The summed E-state index contributed by atoms with van der Waals surface area (Å²) in [7, 11) is 2.09. The molecular weight excluding hydrogens is 284 g/mol. The van der Waals surface area contributed by atoms with E-state index >= 15 is 0 Å². The van der Waals surface area contributed by atoms with E-state index in [1.165, 1.54) is 0 Å². The van der Waals surface area contributed by atoms with Crippen molar-refractivity contribution < 1.29 is 17.6 Å². The predicted octanol–water partition coefficient (Wildman–Crippen LogP) is 3.99. The van der Waals surface area contributed by atoms with Crippen molar-refractivity contribution in [3.63, 3.8) is 0 Å². The molecule has 0 atom stereocenters. The van der Waals surface area contributed by atoms with Gasteiger partial charge in [-0.1, -0.05) is 0 Å². The highest BCUT2D eigenvalue weighted by molar-refractivity contribution is 5.46. The molecule has 0 radical (unpaired) electrons. The van der Waals surface area contributed by atoms with Gasteiger partial charge in [-0.25, -0.2) is 4.39 Å². The Kier molecular flexibility index (Phi) is 5.08. The summed E-state index contributed by atoms with van der Waals surface area (Å²) in [4.78, 5) is 2.28. The predicted molar refractivity (Wildman–Crippen MR) is 74.7 cm³/mol. The van der Waals surface area contributed by atoms with Crippen LogP contribution in [0.15, 0.2) is 18.2 Å². The molecule has 1 heterocycles. The van der Waals surface area contributed by atoms with Gasteiger partial charge in [0.2, 0.25) is 0 Å². The molecule has 0 aliphatic carbocycles. The molecule has 118 valence electrons. The van der Waals surface area contributed by atoms with Crippen LogP contribution in [0.4, 0.5) is 23.2 Å². The largest absolute Gasteiger partial charge is 0.416 e. The summed E-state index contributed by atoms with van der Waals surface area (Å²) in [5.41, 5.74) is -0.822. The number of rotatable bonds is 4. The van der Waals surface area contributed by atoms with Crippen LogP contribution in [0.1, 0.15) is 24.8 Å². The zero-order valence-corrected chi connectivity index (χ0v) is 12.0. The van der Waals surface area contributed by atoms with Crippen LogP contribution in [0.3, 0.4) is 0 Å². The molecule has 1 fully saturated rings. The first-order chi connectivity index (χ1) is 9.86. The molecule has 0 unspecified atom stereocenters. The lowest BCUT2D eigenvalue weighted by Crippen LogP contribution is -2.30. The summed E-state index contributed by atoms with van der Waals surface area (Å²) < 4.78 is 50.9. The van der Waals surface area contributed by atoms with Gasteiger partial charge >= 0.3 is 6.18 Å². The highest BCUT2D eigenvalue weighted by atomic mass is 19.4. The van der Waals surface area contributed by atoms with Gasteiger partial charge in [-0.2, -0.15) is 13.2 Å². The zero-order chi connectivity index (χ0) is 15.5. The number of anilines is 1. The topological polar surface area (TPSA) is 15.3 Å². The van der Waals surface area contributed by atoms with Crippen LogP contribution >= 0.6 is 0 Å². The molecule has 1 saturated heterocycles. The fourth-order valence-corrected chi connectivity index (χ4v) is 2.60. The third kappa shape index (κ3) is 4.59. The smallest absolute Gasteiger partial charge is 0.383 e. The van der Waals surface area contributed by atoms with Crippen LogP contribution < -0.4 is 5.32 Å². The maximum absolute atomic E-state index is 13.6. The first-order valence-corrected chi connectivity index (χ1v) is 7.15. The minimum atomic E-state index is -4.51. The van der Waals surface area contributed by atoms with Gasteiger partial charge in [-0.15, -0.1) is 0 Å². The van der Waals surface area contributed by atoms with Crippen molar-refractivity contribution in [2.45, 2.75) is 25.4 Å². The summed E-state index contributed by atoms with van der Waals surface area (Å²) >= 11 is 0. The second-order valence-corrected chi connectivity index (χ2v) is 5.65. The Morgan fingerprint density at radius 1 is 1.24 bits per heavy atom. The molecule has 0 bridgehead atoms. The summed E-state index contributed by atoms with van der Waals surface area (Å²) in [5.74, 6) is -0.251. The molecule has 0 amide bonds. The molecule has 2 nitrogen and oxygen atoms in total. The maximum Gasteiger partial charge on any atom is 0.416 e. The zero-order valence-electron chi connectivity index (χ0n) is 12.0. The summed E-state index contributed by atoms with van der Waals surface area (Å²) in [5, 5.41) is 2.89. The summed E-state index contributed by atoms with van der Waals surface area (Å²) in [6, 6.07) is 2.60. The molecule has 6 heteroatoms. The number of hydrogen-bond donors (Lipinski definition) is 1. The molecule has 21 heavy (non-hydrogen) atoms. The molecule has 2 rings (SSSR count). The van der Waals surface area contributed by atoms with Gasteiger partial charge in [0.05, 0.1) is 11.3 Å². The van der Waals surface area contributed by atoms with Gasteiger partial charge < -0.3 is 10.2 Å². The normalized spacial score (nSPS) is 18.0. The molecule has 0 saturated carbocycles.